The lowest BCUT2D eigenvalue weighted by atomic mass is 10.2. The van der Waals surface area contributed by atoms with Gasteiger partial charge in [-0.1, -0.05) is 19.3 Å². The molecule has 0 fully saturated rings. The molecule has 8 N–H and O–H groups in total. The third kappa shape index (κ3) is 6.00. The summed E-state index contributed by atoms with van der Waals surface area (Å²) in [5, 5.41) is 0. The van der Waals surface area contributed by atoms with Gasteiger partial charge in [0.2, 0.25) is 0 Å². The lowest BCUT2D eigenvalue weighted by Gasteiger charge is -2.33. The van der Waals surface area contributed by atoms with Crippen molar-refractivity contribution >= 4 is 0 Å². The number of quaternary nitrogens is 1. The lowest BCUT2D eigenvalue weighted by Crippen LogP contribution is -2.74. The number of nitrogens with two attached hydrogens (primary N) is 3. The molecule has 0 saturated heterocycles. The van der Waals surface area contributed by atoms with Crippen LogP contribution in [-0.4, -0.2) is 16.7 Å². The van der Waals surface area contributed by atoms with Gasteiger partial charge in [0.25, 0.3) is 0 Å². The van der Waals surface area contributed by atoms with Crippen LogP contribution in [0.25, 0.3) is 0 Å². The molecule has 0 bridgehead atoms. The van der Waals surface area contributed by atoms with Crippen LogP contribution in [0.5, 0.6) is 0 Å². The van der Waals surface area contributed by atoms with Gasteiger partial charge in [0.05, 0.1) is 6.04 Å². The summed E-state index contributed by atoms with van der Waals surface area (Å²) in [6, 6.07) is 0.202. The van der Waals surface area contributed by atoms with Gasteiger partial charge in [-0.15, -0.1) is 16.5 Å². The minimum atomic E-state index is -0.803. The van der Waals surface area contributed by atoms with E-state index in [4.69, 9.17) is 22.4 Å². The van der Waals surface area contributed by atoms with Crippen molar-refractivity contribution in [3.05, 3.63) is 0 Å². The Morgan fingerprint density at radius 2 is 1.73 bits per heavy atom. The maximum Gasteiger partial charge on any atom is 0.192 e. The molecule has 92 valence electrons. The normalized spacial score (nSPS) is 13.6. The standard InChI is InChI=1S/C8H25N6O/c1-5-7(6-2)12-14(10,11)15-8(3,4)13-9/h7,12-13H,5-6,9-11H2,1-4H3/q+1. The quantitative estimate of drug-likeness (QED) is 0.169. The monoisotopic (exact) mass is 221 g/mol. The summed E-state index contributed by atoms with van der Waals surface area (Å²) >= 11 is 0. The van der Waals surface area contributed by atoms with Gasteiger partial charge in [0, 0.05) is 4.97 Å². The molecule has 0 heterocycles. The molecule has 0 aromatic carbocycles. The van der Waals surface area contributed by atoms with Crippen LogP contribution in [0.4, 0.5) is 0 Å². The summed E-state index contributed by atoms with van der Waals surface area (Å²) in [6.45, 7) is 7.56. The molecular formula is C8H25N6O+. The van der Waals surface area contributed by atoms with Crippen molar-refractivity contribution < 1.29 is 9.81 Å². The summed E-state index contributed by atoms with van der Waals surface area (Å²) in [4.78, 5) is 4.64. The highest BCUT2D eigenvalue weighted by molar-refractivity contribution is 4.57. The number of hydrogen-bond donors (Lipinski definition) is 5. The molecule has 15 heavy (non-hydrogen) atoms. The highest BCUT2D eigenvalue weighted by atomic mass is 16.8. The molecule has 0 radical (unpaired) electrons. The third-order valence-electron chi connectivity index (χ3n) is 2.10. The van der Waals surface area contributed by atoms with E-state index in [1.165, 1.54) is 0 Å². The molecule has 0 atom stereocenters. The molecular weight excluding hydrogens is 196 g/mol. The largest absolute Gasteiger partial charge is 0.269 e. The molecule has 0 rings (SSSR count). The predicted octanol–water partition coefficient (Wildman–Crippen LogP) is -0.625. The molecule has 0 amide bonds. The fourth-order valence-corrected chi connectivity index (χ4v) is 1.19. The molecule has 7 nitrogen and oxygen atoms in total. The molecule has 7 heteroatoms. The Morgan fingerprint density at radius 3 is 2.07 bits per heavy atom. The minimum absolute atomic E-state index is 0.202. The number of rotatable bonds is 7. The highest BCUT2D eigenvalue weighted by Crippen LogP contribution is 2.07. The van der Waals surface area contributed by atoms with Crippen LogP contribution < -0.4 is 28.4 Å². The average Bonchev–Trinajstić information content (AvgIpc) is 2.12. The maximum absolute atomic E-state index is 5.72. The Labute approximate surface area is 91.3 Å². The average molecular weight is 221 g/mol. The molecule has 0 saturated carbocycles. The summed E-state index contributed by atoms with van der Waals surface area (Å²) in [5.41, 5.74) is 4.62. The number of hydrazine groups is 1. The Hall–Kier alpha value is -0.280. The van der Waals surface area contributed by atoms with E-state index in [0.717, 1.165) is 12.8 Å². The van der Waals surface area contributed by atoms with Crippen molar-refractivity contribution in [2.75, 3.05) is 0 Å². The van der Waals surface area contributed by atoms with Crippen LogP contribution >= 0.6 is 0 Å². The summed E-state index contributed by atoms with van der Waals surface area (Å²) in [7, 11) is 0. The van der Waals surface area contributed by atoms with Gasteiger partial charge in [0.15, 0.2) is 5.72 Å². The molecule has 0 unspecified atom stereocenters. The second-order valence-corrected chi connectivity index (χ2v) is 4.10. The predicted molar refractivity (Wildman–Crippen MR) is 58.6 cm³/mol. The SMILES string of the molecule is CCC(CC)N[N+](N)(N)OC(C)(C)NN. The Morgan fingerprint density at radius 1 is 1.27 bits per heavy atom. The van der Waals surface area contributed by atoms with Crippen LogP contribution in [0.1, 0.15) is 40.5 Å². The van der Waals surface area contributed by atoms with Crippen LogP contribution in [0.3, 0.4) is 0 Å². The second kappa shape index (κ2) is 5.71. The molecule has 0 aliphatic heterocycles. The van der Waals surface area contributed by atoms with E-state index in [9.17, 15) is 0 Å². The van der Waals surface area contributed by atoms with Crippen molar-refractivity contribution in [1.82, 2.24) is 10.9 Å². The Balaban J connectivity index is 4.28. The molecule has 0 aliphatic rings. The smallest absolute Gasteiger partial charge is 0.192 e. The van der Waals surface area contributed by atoms with Gasteiger partial charge in [-0.25, -0.2) is 5.43 Å². The fraction of sp³-hybridized carbons (Fsp3) is 1.00. The van der Waals surface area contributed by atoms with Crippen molar-refractivity contribution in [1.29, 1.82) is 0 Å². The number of nitrogens with zero attached hydrogens (tertiary/aromatic N) is 1. The topological polar surface area (TPSA) is 111 Å². The zero-order chi connectivity index (χ0) is 12.1. The van der Waals surface area contributed by atoms with Crippen LogP contribution in [-0.2, 0) is 4.84 Å². The Bertz CT molecular complexity index is 180. The summed E-state index contributed by atoms with van der Waals surface area (Å²) in [5.74, 6) is 16.7. The summed E-state index contributed by atoms with van der Waals surface area (Å²) < 4.78 is 0. The maximum atomic E-state index is 5.72. The van der Waals surface area contributed by atoms with Crippen molar-refractivity contribution in [3.63, 3.8) is 0 Å². The third-order valence-corrected chi connectivity index (χ3v) is 2.10. The van der Waals surface area contributed by atoms with E-state index in [1.807, 2.05) is 13.8 Å². The first-order valence-corrected chi connectivity index (χ1v) is 5.18. The van der Waals surface area contributed by atoms with E-state index in [1.54, 1.807) is 13.8 Å². The zero-order valence-corrected chi connectivity index (χ0v) is 10.1. The molecule has 0 spiro atoms. The van der Waals surface area contributed by atoms with Crippen LogP contribution in [0.2, 0.25) is 0 Å². The van der Waals surface area contributed by atoms with Gasteiger partial charge >= 0.3 is 0 Å². The van der Waals surface area contributed by atoms with Gasteiger partial charge in [-0.05, 0) is 26.7 Å². The highest BCUT2D eigenvalue weighted by Gasteiger charge is 2.33. The molecule has 0 aromatic rings. The van der Waals surface area contributed by atoms with Crippen molar-refractivity contribution in [3.8, 4) is 0 Å². The van der Waals surface area contributed by atoms with Gasteiger partial charge < -0.3 is 0 Å². The second-order valence-electron chi connectivity index (χ2n) is 4.10. The Kier molecular flexibility index (Phi) is 5.60. The first kappa shape index (κ1) is 14.7. The fourth-order valence-electron chi connectivity index (χ4n) is 1.19. The van der Waals surface area contributed by atoms with E-state index >= 15 is 0 Å². The summed E-state index contributed by atoms with van der Waals surface area (Å²) in [6.07, 6.45) is 1.84. The van der Waals surface area contributed by atoms with Gasteiger partial charge in [-0.3, -0.25) is 5.84 Å². The van der Waals surface area contributed by atoms with E-state index < -0.39 is 10.7 Å². The number of nitrogens with one attached hydrogen (secondary N) is 2. The minimum Gasteiger partial charge on any atom is -0.269 e. The van der Waals surface area contributed by atoms with E-state index in [-0.39, 0.29) is 6.04 Å². The van der Waals surface area contributed by atoms with E-state index in [2.05, 4.69) is 10.9 Å². The lowest BCUT2D eigenvalue weighted by molar-refractivity contribution is -1.17. The van der Waals surface area contributed by atoms with Crippen molar-refractivity contribution in [2.45, 2.75) is 52.3 Å². The van der Waals surface area contributed by atoms with Gasteiger partial charge in [0.1, 0.15) is 0 Å². The first-order valence-electron chi connectivity index (χ1n) is 5.18. The van der Waals surface area contributed by atoms with Gasteiger partial charge in [-0.2, -0.15) is 0 Å². The molecule has 0 aromatic heterocycles. The zero-order valence-electron chi connectivity index (χ0n) is 10.1. The van der Waals surface area contributed by atoms with Crippen LogP contribution in [0, 0.1) is 0 Å². The van der Waals surface area contributed by atoms with Crippen molar-refractivity contribution in [2.24, 2.45) is 17.5 Å². The molecule has 0 aliphatic carbocycles. The first-order chi connectivity index (χ1) is 6.76. The van der Waals surface area contributed by atoms with E-state index in [0.29, 0.717) is 0 Å². The van der Waals surface area contributed by atoms with Crippen LogP contribution in [0.15, 0.2) is 0 Å². The number of hydrogen-bond acceptors (Lipinski definition) is 6.